The van der Waals surface area contributed by atoms with Gasteiger partial charge in [0, 0.05) is 25.1 Å². The summed E-state index contributed by atoms with van der Waals surface area (Å²) in [6.07, 6.45) is 1.19. The Morgan fingerprint density at radius 2 is 2.05 bits per heavy atom. The van der Waals surface area contributed by atoms with Crippen LogP contribution in [0.1, 0.15) is 23.2 Å². The third-order valence-corrected chi connectivity index (χ3v) is 3.07. The molecule has 0 amide bonds. The molecule has 0 aliphatic carbocycles. The highest BCUT2D eigenvalue weighted by Gasteiger charge is 2.08. The van der Waals surface area contributed by atoms with Crippen LogP contribution >= 0.6 is 0 Å². The number of hydrogen-bond donors (Lipinski definition) is 3. The van der Waals surface area contributed by atoms with Crippen LogP contribution in [-0.4, -0.2) is 28.2 Å². The first kappa shape index (κ1) is 14.3. The molecule has 2 rings (SSSR count). The number of rotatable bonds is 6. The normalized spacial score (nSPS) is 10.5. The lowest BCUT2D eigenvalue weighted by molar-refractivity contribution is 0.292. The van der Waals surface area contributed by atoms with Crippen LogP contribution in [0.3, 0.4) is 0 Å². The molecule has 0 fully saturated rings. The van der Waals surface area contributed by atoms with E-state index in [-0.39, 0.29) is 12.2 Å². The number of aliphatic hydroxyl groups is 1. The molecule has 0 atom stereocenters. The number of benzene rings is 1. The number of aromatic nitrogens is 2. The molecule has 1 heterocycles. The first-order chi connectivity index (χ1) is 9.70. The van der Waals surface area contributed by atoms with E-state index >= 15 is 0 Å². The van der Waals surface area contributed by atoms with Gasteiger partial charge in [-0.2, -0.15) is 0 Å². The second-order valence-electron chi connectivity index (χ2n) is 4.64. The highest BCUT2D eigenvalue weighted by atomic mass is 16.3. The quantitative estimate of drug-likeness (QED) is 0.696. The van der Waals surface area contributed by atoms with E-state index in [1.165, 1.54) is 0 Å². The average Bonchev–Trinajstić information content (AvgIpc) is 2.44. The SMILES string of the molecule is Cc1nc(NCCCO)[nH]c(=O)c1Cc1ccccc1. The van der Waals surface area contributed by atoms with Crippen LogP contribution < -0.4 is 10.9 Å². The number of anilines is 1. The predicted molar refractivity (Wildman–Crippen MR) is 79.0 cm³/mol. The molecule has 0 saturated heterocycles. The molecule has 0 aliphatic rings. The van der Waals surface area contributed by atoms with Crippen LogP contribution in [-0.2, 0) is 6.42 Å². The zero-order valence-corrected chi connectivity index (χ0v) is 11.5. The zero-order chi connectivity index (χ0) is 14.4. The van der Waals surface area contributed by atoms with Crippen LogP contribution in [0.2, 0.25) is 0 Å². The van der Waals surface area contributed by atoms with Crippen molar-refractivity contribution in [2.24, 2.45) is 0 Å². The van der Waals surface area contributed by atoms with Gasteiger partial charge in [-0.1, -0.05) is 30.3 Å². The van der Waals surface area contributed by atoms with Crippen LogP contribution in [0.5, 0.6) is 0 Å². The highest BCUT2D eigenvalue weighted by molar-refractivity contribution is 5.32. The summed E-state index contributed by atoms with van der Waals surface area (Å²) in [5.41, 5.74) is 2.38. The van der Waals surface area contributed by atoms with E-state index < -0.39 is 0 Å². The largest absolute Gasteiger partial charge is 0.396 e. The molecule has 5 heteroatoms. The Balaban J connectivity index is 2.17. The van der Waals surface area contributed by atoms with E-state index in [4.69, 9.17) is 5.11 Å². The van der Waals surface area contributed by atoms with Crippen LogP contribution in [0.15, 0.2) is 35.1 Å². The lowest BCUT2D eigenvalue weighted by Gasteiger charge is -2.08. The smallest absolute Gasteiger partial charge is 0.256 e. The molecule has 0 bridgehead atoms. The number of H-pyrrole nitrogens is 1. The molecular weight excluding hydrogens is 254 g/mol. The van der Waals surface area contributed by atoms with E-state index in [1.54, 1.807) is 0 Å². The molecule has 106 valence electrons. The molecule has 2 aromatic rings. The summed E-state index contributed by atoms with van der Waals surface area (Å²) in [6.45, 7) is 2.53. The first-order valence-electron chi connectivity index (χ1n) is 6.69. The maximum Gasteiger partial charge on any atom is 0.256 e. The molecule has 0 unspecified atom stereocenters. The Kier molecular flexibility index (Phi) is 4.90. The number of hydrogen-bond acceptors (Lipinski definition) is 4. The lowest BCUT2D eigenvalue weighted by Crippen LogP contribution is -2.20. The summed E-state index contributed by atoms with van der Waals surface area (Å²) in [7, 11) is 0. The van der Waals surface area contributed by atoms with Crippen LogP contribution in [0.4, 0.5) is 5.95 Å². The summed E-state index contributed by atoms with van der Waals surface area (Å²) in [4.78, 5) is 19.2. The van der Waals surface area contributed by atoms with Crippen molar-refractivity contribution in [1.82, 2.24) is 9.97 Å². The molecule has 0 saturated carbocycles. The van der Waals surface area contributed by atoms with Crippen LogP contribution in [0.25, 0.3) is 0 Å². The number of aromatic amines is 1. The molecule has 0 spiro atoms. The van der Waals surface area contributed by atoms with Gasteiger partial charge in [0.25, 0.3) is 5.56 Å². The Bertz CT molecular complexity index is 608. The summed E-state index contributed by atoms with van der Waals surface area (Å²) < 4.78 is 0. The molecule has 3 N–H and O–H groups in total. The van der Waals surface area contributed by atoms with E-state index in [0.29, 0.717) is 30.9 Å². The van der Waals surface area contributed by atoms with Gasteiger partial charge in [0.1, 0.15) is 0 Å². The topological polar surface area (TPSA) is 78.0 Å². The summed E-state index contributed by atoms with van der Waals surface area (Å²) in [6, 6.07) is 9.85. The van der Waals surface area contributed by atoms with Gasteiger partial charge in [-0.3, -0.25) is 9.78 Å². The second-order valence-corrected chi connectivity index (χ2v) is 4.64. The number of aryl methyl sites for hydroxylation is 1. The zero-order valence-electron chi connectivity index (χ0n) is 11.5. The first-order valence-corrected chi connectivity index (χ1v) is 6.69. The second kappa shape index (κ2) is 6.86. The number of nitrogens with zero attached hydrogens (tertiary/aromatic N) is 1. The van der Waals surface area contributed by atoms with E-state index in [1.807, 2.05) is 37.3 Å². The van der Waals surface area contributed by atoms with Gasteiger partial charge >= 0.3 is 0 Å². The fraction of sp³-hybridized carbons (Fsp3) is 0.333. The molecule has 0 radical (unpaired) electrons. The van der Waals surface area contributed by atoms with Crippen molar-refractivity contribution in [3.63, 3.8) is 0 Å². The van der Waals surface area contributed by atoms with Gasteiger partial charge in [-0.25, -0.2) is 4.98 Å². The van der Waals surface area contributed by atoms with Crippen molar-refractivity contribution in [1.29, 1.82) is 0 Å². The van der Waals surface area contributed by atoms with Crippen molar-refractivity contribution < 1.29 is 5.11 Å². The number of aliphatic hydroxyl groups excluding tert-OH is 1. The predicted octanol–water partition coefficient (Wildman–Crippen LogP) is 1.46. The lowest BCUT2D eigenvalue weighted by atomic mass is 10.1. The monoisotopic (exact) mass is 273 g/mol. The maximum atomic E-state index is 12.1. The minimum absolute atomic E-state index is 0.113. The minimum atomic E-state index is -0.118. The minimum Gasteiger partial charge on any atom is -0.396 e. The van der Waals surface area contributed by atoms with Crippen molar-refractivity contribution >= 4 is 5.95 Å². The maximum absolute atomic E-state index is 12.1. The van der Waals surface area contributed by atoms with Gasteiger partial charge in [0.2, 0.25) is 5.95 Å². The van der Waals surface area contributed by atoms with Crippen molar-refractivity contribution in [3.8, 4) is 0 Å². The van der Waals surface area contributed by atoms with E-state index in [0.717, 1.165) is 11.3 Å². The molecule has 5 nitrogen and oxygen atoms in total. The molecule has 1 aromatic carbocycles. The fourth-order valence-corrected chi connectivity index (χ4v) is 1.99. The van der Waals surface area contributed by atoms with Gasteiger partial charge in [0.15, 0.2) is 0 Å². The Labute approximate surface area is 117 Å². The van der Waals surface area contributed by atoms with Crippen molar-refractivity contribution in [2.45, 2.75) is 19.8 Å². The summed E-state index contributed by atoms with van der Waals surface area (Å²) in [5.74, 6) is 0.456. The van der Waals surface area contributed by atoms with Gasteiger partial charge < -0.3 is 10.4 Å². The van der Waals surface area contributed by atoms with E-state index in [2.05, 4.69) is 15.3 Å². The van der Waals surface area contributed by atoms with Gasteiger partial charge in [-0.15, -0.1) is 0 Å². The molecule has 0 aliphatic heterocycles. The molecular formula is C15H19N3O2. The average molecular weight is 273 g/mol. The van der Waals surface area contributed by atoms with Gasteiger partial charge in [-0.05, 0) is 18.9 Å². The Morgan fingerprint density at radius 3 is 2.70 bits per heavy atom. The third-order valence-electron chi connectivity index (χ3n) is 3.07. The molecule has 1 aromatic heterocycles. The van der Waals surface area contributed by atoms with Crippen molar-refractivity contribution in [2.75, 3.05) is 18.5 Å². The molecule has 20 heavy (non-hydrogen) atoms. The van der Waals surface area contributed by atoms with Crippen LogP contribution in [0, 0.1) is 6.92 Å². The standard InChI is InChI=1S/C15H19N3O2/c1-11-13(10-12-6-3-2-4-7-12)14(20)18-15(17-11)16-8-5-9-19/h2-4,6-7,19H,5,8-10H2,1H3,(H2,16,17,18,20). The highest BCUT2D eigenvalue weighted by Crippen LogP contribution is 2.09. The Hall–Kier alpha value is -2.14. The van der Waals surface area contributed by atoms with E-state index in [9.17, 15) is 4.79 Å². The summed E-state index contributed by atoms with van der Waals surface area (Å²) in [5, 5.41) is 11.7. The fourth-order valence-electron chi connectivity index (χ4n) is 1.99. The third kappa shape index (κ3) is 3.68. The van der Waals surface area contributed by atoms with Crippen molar-refractivity contribution in [3.05, 3.63) is 57.5 Å². The Morgan fingerprint density at radius 1 is 1.30 bits per heavy atom. The summed E-state index contributed by atoms with van der Waals surface area (Å²) >= 11 is 0. The number of nitrogens with one attached hydrogen (secondary N) is 2. The van der Waals surface area contributed by atoms with Gasteiger partial charge in [0.05, 0.1) is 5.69 Å².